The summed E-state index contributed by atoms with van der Waals surface area (Å²) in [5.74, 6) is 0.872. The smallest absolute Gasteiger partial charge is 0.246 e. The number of aryl methyl sites for hydroxylation is 1. The van der Waals surface area contributed by atoms with Crippen molar-refractivity contribution in [1.29, 1.82) is 0 Å². The first-order valence-corrected chi connectivity index (χ1v) is 9.78. The van der Waals surface area contributed by atoms with E-state index < -0.39 is 0 Å². The maximum absolute atomic E-state index is 12.6. The van der Waals surface area contributed by atoms with Gasteiger partial charge < -0.3 is 20.4 Å². The van der Waals surface area contributed by atoms with E-state index in [1.807, 2.05) is 43.3 Å². The molecule has 2 N–H and O–H groups in total. The summed E-state index contributed by atoms with van der Waals surface area (Å²) in [7, 11) is 1.85. The number of benzene rings is 1. The highest BCUT2D eigenvalue weighted by atomic mass is 16.2. The van der Waals surface area contributed by atoms with Crippen molar-refractivity contribution in [2.75, 3.05) is 49.5 Å². The SMILES string of the molecule is CCNC(=NCCCNc1ccccc1)N1CCN(c2cnn(C)c2)C(=O)C1. The van der Waals surface area contributed by atoms with Gasteiger partial charge >= 0.3 is 0 Å². The third-order valence-electron chi connectivity index (χ3n) is 4.56. The number of carbonyl (C=O) groups is 1. The Labute approximate surface area is 166 Å². The topological polar surface area (TPSA) is 77.8 Å². The predicted octanol–water partition coefficient (Wildman–Crippen LogP) is 1.54. The molecule has 0 bridgehead atoms. The van der Waals surface area contributed by atoms with E-state index in [0.29, 0.717) is 19.6 Å². The number of aromatic nitrogens is 2. The molecule has 0 radical (unpaired) electrons. The monoisotopic (exact) mass is 383 g/mol. The summed E-state index contributed by atoms with van der Waals surface area (Å²) in [5.41, 5.74) is 1.97. The summed E-state index contributed by atoms with van der Waals surface area (Å²) in [6.07, 6.45) is 4.52. The summed E-state index contributed by atoms with van der Waals surface area (Å²) in [4.78, 5) is 21.1. The molecule has 1 aliphatic heterocycles. The highest BCUT2D eigenvalue weighted by Gasteiger charge is 2.27. The van der Waals surface area contributed by atoms with Crippen molar-refractivity contribution in [3.05, 3.63) is 42.7 Å². The van der Waals surface area contributed by atoms with Gasteiger partial charge in [-0.25, -0.2) is 0 Å². The second kappa shape index (κ2) is 9.77. The minimum absolute atomic E-state index is 0.0654. The van der Waals surface area contributed by atoms with Crippen LogP contribution in [0.5, 0.6) is 0 Å². The standard InChI is InChI=1S/C20H29N7O/c1-3-21-20(23-11-7-10-22-17-8-5-4-6-9-17)26-12-13-27(19(28)16-26)18-14-24-25(2)15-18/h4-6,8-9,14-15,22H,3,7,10-13,16H2,1-2H3,(H,21,23). The number of rotatable bonds is 7. The summed E-state index contributed by atoms with van der Waals surface area (Å²) < 4.78 is 1.71. The van der Waals surface area contributed by atoms with E-state index in [2.05, 4.69) is 27.9 Å². The van der Waals surface area contributed by atoms with Gasteiger partial charge in [-0.2, -0.15) is 5.10 Å². The van der Waals surface area contributed by atoms with Gasteiger partial charge in [-0.3, -0.25) is 14.5 Å². The van der Waals surface area contributed by atoms with Crippen LogP contribution in [0.3, 0.4) is 0 Å². The van der Waals surface area contributed by atoms with E-state index in [4.69, 9.17) is 4.99 Å². The largest absolute Gasteiger partial charge is 0.385 e. The van der Waals surface area contributed by atoms with Crippen molar-refractivity contribution in [1.82, 2.24) is 20.0 Å². The van der Waals surface area contributed by atoms with Gasteiger partial charge in [0.05, 0.1) is 11.9 Å². The minimum Gasteiger partial charge on any atom is -0.385 e. The Hall–Kier alpha value is -3.03. The van der Waals surface area contributed by atoms with E-state index in [1.165, 1.54) is 0 Å². The van der Waals surface area contributed by atoms with Crippen molar-refractivity contribution < 1.29 is 4.79 Å². The summed E-state index contributed by atoms with van der Waals surface area (Å²) >= 11 is 0. The average molecular weight is 384 g/mol. The maximum atomic E-state index is 12.6. The molecular weight excluding hydrogens is 354 g/mol. The van der Waals surface area contributed by atoms with Gasteiger partial charge in [-0.15, -0.1) is 0 Å². The predicted molar refractivity (Wildman–Crippen MR) is 113 cm³/mol. The summed E-state index contributed by atoms with van der Waals surface area (Å²) in [6, 6.07) is 10.2. The van der Waals surface area contributed by atoms with E-state index in [-0.39, 0.29) is 5.91 Å². The zero-order valence-electron chi connectivity index (χ0n) is 16.6. The molecule has 3 rings (SSSR count). The fourth-order valence-corrected chi connectivity index (χ4v) is 3.15. The van der Waals surface area contributed by atoms with Gasteiger partial charge in [-0.1, -0.05) is 18.2 Å². The molecule has 0 saturated carbocycles. The number of hydrogen-bond donors (Lipinski definition) is 2. The molecule has 8 heteroatoms. The lowest BCUT2D eigenvalue weighted by atomic mass is 10.3. The van der Waals surface area contributed by atoms with Crippen LogP contribution in [-0.4, -0.2) is 65.8 Å². The number of anilines is 2. The van der Waals surface area contributed by atoms with Gasteiger partial charge in [0.1, 0.15) is 6.54 Å². The molecule has 2 heterocycles. The second-order valence-corrected chi connectivity index (χ2v) is 6.72. The average Bonchev–Trinajstić information content (AvgIpc) is 3.13. The van der Waals surface area contributed by atoms with E-state index >= 15 is 0 Å². The van der Waals surface area contributed by atoms with Crippen molar-refractivity contribution in [2.45, 2.75) is 13.3 Å². The number of piperazine rings is 1. The Bertz CT molecular complexity index is 787. The van der Waals surface area contributed by atoms with E-state index in [9.17, 15) is 4.79 Å². The first kappa shape index (κ1) is 19.7. The molecule has 1 aromatic heterocycles. The molecule has 0 unspecified atom stereocenters. The van der Waals surface area contributed by atoms with Crippen LogP contribution in [0.1, 0.15) is 13.3 Å². The van der Waals surface area contributed by atoms with Gasteiger partial charge in [0.2, 0.25) is 5.91 Å². The maximum Gasteiger partial charge on any atom is 0.246 e. The number of para-hydroxylation sites is 1. The van der Waals surface area contributed by atoms with Crippen LogP contribution >= 0.6 is 0 Å². The molecule has 1 aliphatic rings. The first-order chi connectivity index (χ1) is 13.7. The van der Waals surface area contributed by atoms with Crippen LogP contribution in [0.15, 0.2) is 47.7 Å². The van der Waals surface area contributed by atoms with Crippen molar-refractivity contribution in [3.8, 4) is 0 Å². The molecule has 1 amide bonds. The Kier molecular flexibility index (Phi) is 6.89. The van der Waals surface area contributed by atoms with Crippen molar-refractivity contribution in [3.63, 3.8) is 0 Å². The van der Waals surface area contributed by atoms with Gasteiger partial charge in [0, 0.05) is 51.7 Å². The lowest BCUT2D eigenvalue weighted by molar-refractivity contribution is -0.120. The normalized spacial score (nSPS) is 15.1. The molecule has 2 aromatic rings. The summed E-state index contributed by atoms with van der Waals surface area (Å²) in [6.45, 7) is 6.08. The lowest BCUT2D eigenvalue weighted by Gasteiger charge is -2.35. The molecule has 1 saturated heterocycles. The number of guanidine groups is 1. The van der Waals surface area contributed by atoms with E-state index in [1.54, 1.807) is 15.8 Å². The molecule has 8 nitrogen and oxygen atoms in total. The second-order valence-electron chi connectivity index (χ2n) is 6.72. The van der Waals surface area contributed by atoms with E-state index in [0.717, 1.165) is 43.4 Å². The molecule has 0 spiro atoms. The molecule has 150 valence electrons. The van der Waals surface area contributed by atoms with Gasteiger partial charge in [0.15, 0.2) is 5.96 Å². The Morgan fingerprint density at radius 2 is 2.07 bits per heavy atom. The van der Waals surface area contributed by atoms with Gasteiger partial charge in [0.25, 0.3) is 0 Å². The number of aliphatic imine (C=N–C) groups is 1. The zero-order valence-corrected chi connectivity index (χ0v) is 16.6. The van der Waals surface area contributed by atoms with Crippen LogP contribution in [0.4, 0.5) is 11.4 Å². The molecular formula is C20H29N7O. The Morgan fingerprint density at radius 3 is 2.75 bits per heavy atom. The minimum atomic E-state index is 0.0654. The van der Waals surface area contributed by atoms with Crippen molar-refractivity contribution in [2.24, 2.45) is 12.0 Å². The molecule has 1 aromatic carbocycles. The number of nitrogens with zero attached hydrogens (tertiary/aromatic N) is 5. The Balaban J connectivity index is 1.50. The van der Waals surface area contributed by atoms with Crippen molar-refractivity contribution >= 4 is 23.2 Å². The molecule has 0 atom stereocenters. The van der Waals surface area contributed by atoms with Crippen LogP contribution in [-0.2, 0) is 11.8 Å². The third kappa shape index (κ3) is 5.25. The summed E-state index contributed by atoms with van der Waals surface area (Å²) in [5, 5.41) is 10.9. The van der Waals surface area contributed by atoms with Crippen LogP contribution in [0.25, 0.3) is 0 Å². The van der Waals surface area contributed by atoms with Crippen LogP contribution in [0, 0.1) is 0 Å². The quantitative estimate of drug-likeness (QED) is 0.431. The Morgan fingerprint density at radius 1 is 1.25 bits per heavy atom. The number of hydrogen-bond acceptors (Lipinski definition) is 4. The highest BCUT2D eigenvalue weighted by molar-refractivity contribution is 5.98. The number of nitrogens with one attached hydrogen (secondary N) is 2. The fraction of sp³-hybridized carbons (Fsp3) is 0.450. The highest BCUT2D eigenvalue weighted by Crippen LogP contribution is 2.16. The molecule has 28 heavy (non-hydrogen) atoms. The van der Waals surface area contributed by atoms with Crippen LogP contribution < -0.4 is 15.5 Å². The zero-order chi connectivity index (χ0) is 19.8. The van der Waals surface area contributed by atoms with Gasteiger partial charge in [-0.05, 0) is 25.5 Å². The number of carbonyl (C=O) groups excluding carboxylic acids is 1. The molecule has 0 aliphatic carbocycles. The third-order valence-corrected chi connectivity index (χ3v) is 4.56. The lowest BCUT2D eigenvalue weighted by Crippen LogP contribution is -2.55. The fourth-order valence-electron chi connectivity index (χ4n) is 3.15. The van der Waals surface area contributed by atoms with Crippen LogP contribution in [0.2, 0.25) is 0 Å². The number of amides is 1. The molecule has 1 fully saturated rings. The first-order valence-electron chi connectivity index (χ1n) is 9.78.